The molecule has 0 atom stereocenters. The zero-order chi connectivity index (χ0) is 12.9. The predicted octanol–water partition coefficient (Wildman–Crippen LogP) is 3.74. The van der Waals surface area contributed by atoms with Gasteiger partial charge >= 0.3 is 0 Å². The largest absolute Gasteiger partial charge is 0.348 e. The predicted molar refractivity (Wildman–Crippen MR) is 92.4 cm³/mol. The summed E-state index contributed by atoms with van der Waals surface area (Å²) in [6, 6.07) is 15.0. The molecule has 1 heterocycles. The minimum absolute atomic E-state index is 0. The van der Waals surface area contributed by atoms with Crippen LogP contribution in [0.4, 0.5) is 0 Å². The van der Waals surface area contributed by atoms with Crippen LogP contribution in [0.15, 0.2) is 55.0 Å². The molecule has 3 aromatic rings. The smallest absolute Gasteiger partial charge is 0.0921 e. The van der Waals surface area contributed by atoms with Gasteiger partial charge in [-0.15, -0.1) is 24.8 Å². The molecule has 0 amide bonds. The third kappa shape index (κ3) is 4.46. The highest BCUT2D eigenvalue weighted by Gasteiger charge is 2.00. The van der Waals surface area contributed by atoms with Crippen molar-refractivity contribution in [3.05, 3.63) is 66.2 Å². The van der Waals surface area contributed by atoms with Crippen molar-refractivity contribution in [2.45, 2.75) is 13.0 Å². The minimum Gasteiger partial charge on any atom is -0.348 e. The van der Waals surface area contributed by atoms with E-state index < -0.39 is 0 Å². The summed E-state index contributed by atoms with van der Waals surface area (Å²) in [6.45, 7) is 1.85. The fraction of sp³-hybridized carbons (Fsp3) is 0.188. The van der Waals surface area contributed by atoms with E-state index in [9.17, 15) is 0 Å². The molecule has 2 N–H and O–H groups in total. The van der Waals surface area contributed by atoms with E-state index in [0.29, 0.717) is 0 Å². The number of rotatable bonds is 5. The van der Waals surface area contributed by atoms with Gasteiger partial charge in [-0.1, -0.05) is 42.5 Å². The number of fused-ring (bicyclic) bond motifs is 1. The van der Waals surface area contributed by atoms with Gasteiger partial charge in [-0.25, -0.2) is 4.98 Å². The number of nitrogens with zero attached hydrogens (tertiary/aromatic N) is 1. The molecule has 3 rings (SSSR count). The van der Waals surface area contributed by atoms with Crippen LogP contribution in [-0.2, 0) is 13.0 Å². The van der Waals surface area contributed by atoms with E-state index in [4.69, 9.17) is 0 Å². The second-order valence-electron chi connectivity index (χ2n) is 4.64. The minimum atomic E-state index is 0. The van der Waals surface area contributed by atoms with Gasteiger partial charge in [-0.05, 0) is 16.3 Å². The van der Waals surface area contributed by atoms with Crippen LogP contribution in [0.5, 0.6) is 0 Å². The molecule has 0 spiro atoms. The highest BCUT2D eigenvalue weighted by Crippen LogP contribution is 2.18. The Bertz CT molecular complexity index is 648. The Morgan fingerprint density at radius 3 is 2.62 bits per heavy atom. The van der Waals surface area contributed by atoms with Gasteiger partial charge in [0.15, 0.2) is 0 Å². The van der Waals surface area contributed by atoms with Crippen LogP contribution in [0.2, 0.25) is 0 Å². The van der Waals surface area contributed by atoms with Crippen molar-refractivity contribution in [2.24, 2.45) is 0 Å². The lowest BCUT2D eigenvalue weighted by Crippen LogP contribution is -2.16. The summed E-state index contributed by atoms with van der Waals surface area (Å²) in [6.07, 6.45) is 4.57. The Morgan fingerprint density at radius 1 is 1.00 bits per heavy atom. The molecule has 0 aliphatic rings. The highest BCUT2D eigenvalue weighted by atomic mass is 35.5. The lowest BCUT2D eigenvalue weighted by Gasteiger charge is -2.07. The van der Waals surface area contributed by atoms with Gasteiger partial charge in [0, 0.05) is 31.4 Å². The number of nitrogens with one attached hydrogen (secondary N) is 2. The Balaban J connectivity index is 0.00000110. The van der Waals surface area contributed by atoms with E-state index in [2.05, 4.69) is 57.7 Å². The highest BCUT2D eigenvalue weighted by molar-refractivity contribution is 5.86. The van der Waals surface area contributed by atoms with Crippen molar-refractivity contribution >= 4 is 35.6 Å². The number of halogens is 2. The number of aromatic amines is 1. The van der Waals surface area contributed by atoms with Gasteiger partial charge in [0.1, 0.15) is 0 Å². The number of aromatic nitrogens is 2. The first-order valence-electron chi connectivity index (χ1n) is 6.58. The number of hydrogen-bond donors (Lipinski definition) is 2. The summed E-state index contributed by atoms with van der Waals surface area (Å²) < 4.78 is 0. The summed E-state index contributed by atoms with van der Waals surface area (Å²) in [5.41, 5.74) is 2.52. The van der Waals surface area contributed by atoms with Gasteiger partial charge in [0.25, 0.3) is 0 Å². The molecule has 0 saturated heterocycles. The van der Waals surface area contributed by atoms with E-state index >= 15 is 0 Å². The third-order valence-corrected chi connectivity index (χ3v) is 3.32. The van der Waals surface area contributed by atoms with Crippen molar-refractivity contribution < 1.29 is 0 Å². The standard InChI is InChI=1S/C16H17N3.2ClH/c1-2-7-16-13(4-1)5-3-6-14(16)10-17-9-8-15-11-18-12-19-15;;/h1-7,11-12,17H,8-10H2,(H,18,19);2*1H. The zero-order valence-corrected chi connectivity index (χ0v) is 13.2. The Morgan fingerprint density at radius 2 is 1.81 bits per heavy atom. The Kier molecular flexibility index (Phi) is 7.23. The first-order chi connectivity index (χ1) is 9.43. The first kappa shape index (κ1) is 17.5. The second kappa shape index (κ2) is 8.67. The Hall–Kier alpha value is -1.55. The Labute approximate surface area is 137 Å². The topological polar surface area (TPSA) is 40.7 Å². The number of benzene rings is 2. The van der Waals surface area contributed by atoms with E-state index in [-0.39, 0.29) is 24.8 Å². The van der Waals surface area contributed by atoms with Crippen molar-refractivity contribution in [2.75, 3.05) is 6.54 Å². The van der Waals surface area contributed by atoms with Crippen LogP contribution >= 0.6 is 24.8 Å². The van der Waals surface area contributed by atoms with Crippen LogP contribution in [0.1, 0.15) is 11.3 Å². The maximum absolute atomic E-state index is 4.02. The average molecular weight is 324 g/mol. The summed E-state index contributed by atoms with van der Waals surface area (Å²) in [5, 5.41) is 6.12. The molecule has 5 heteroatoms. The number of H-pyrrole nitrogens is 1. The van der Waals surface area contributed by atoms with Crippen LogP contribution in [-0.4, -0.2) is 16.5 Å². The molecule has 0 radical (unpaired) electrons. The lowest BCUT2D eigenvalue weighted by molar-refractivity contribution is 0.684. The van der Waals surface area contributed by atoms with Crippen molar-refractivity contribution in [1.29, 1.82) is 0 Å². The van der Waals surface area contributed by atoms with Crippen molar-refractivity contribution in [3.63, 3.8) is 0 Å². The summed E-state index contributed by atoms with van der Waals surface area (Å²) in [5.74, 6) is 0. The molecule has 0 bridgehead atoms. The molecule has 2 aromatic carbocycles. The van der Waals surface area contributed by atoms with Crippen LogP contribution in [0, 0.1) is 0 Å². The number of hydrogen-bond acceptors (Lipinski definition) is 2. The fourth-order valence-electron chi connectivity index (χ4n) is 2.31. The molecule has 1 aromatic heterocycles. The molecule has 0 aliphatic carbocycles. The first-order valence-corrected chi connectivity index (χ1v) is 6.58. The molecular formula is C16H19Cl2N3. The monoisotopic (exact) mass is 323 g/mol. The van der Waals surface area contributed by atoms with Gasteiger partial charge < -0.3 is 10.3 Å². The van der Waals surface area contributed by atoms with E-state index in [1.807, 2.05) is 6.20 Å². The van der Waals surface area contributed by atoms with E-state index in [1.54, 1.807) is 6.33 Å². The van der Waals surface area contributed by atoms with Crippen LogP contribution in [0.25, 0.3) is 10.8 Å². The average Bonchev–Trinajstić information content (AvgIpc) is 2.97. The van der Waals surface area contributed by atoms with Gasteiger partial charge in [-0.2, -0.15) is 0 Å². The van der Waals surface area contributed by atoms with Gasteiger partial charge in [0.05, 0.1) is 6.33 Å². The fourth-order valence-corrected chi connectivity index (χ4v) is 2.31. The zero-order valence-electron chi connectivity index (χ0n) is 11.6. The molecule has 0 fully saturated rings. The SMILES string of the molecule is Cl.Cl.c1ccc2c(CNCCc3cnc[nH]3)cccc2c1. The van der Waals surface area contributed by atoms with Gasteiger partial charge in [0.2, 0.25) is 0 Å². The molecule has 112 valence electrons. The summed E-state index contributed by atoms with van der Waals surface area (Å²) >= 11 is 0. The second-order valence-corrected chi connectivity index (χ2v) is 4.64. The summed E-state index contributed by atoms with van der Waals surface area (Å²) in [7, 11) is 0. The van der Waals surface area contributed by atoms with Crippen molar-refractivity contribution in [3.8, 4) is 0 Å². The lowest BCUT2D eigenvalue weighted by atomic mass is 10.0. The third-order valence-electron chi connectivity index (χ3n) is 3.32. The van der Waals surface area contributed by atoms with Crippen molar-refractivity contribution in [1.82, 2.24) is 15.3 Å². The van der Waals surface area contributed by atoms with Crippen LogP contribution in [0.3, 0.4) is 0 Å². The normalized spacial score (nSPS) is 9.90. The summed E-state index contributed by atoms with van der Waals surface area (Å²) in [4.78, 5) is 7.13. The maximum Gasteiger partial charge on any atom is 0.0921 e. The number of imidazole rings is 1. The molecule has 0 unspecified atom stereocenters. The molecule has 21 heavy (non-hydrogen) atoms. The van der Waals surface area contributed by atoms with E-state index in [1.165, 1.54) is 22.0 Å². The van der Waals surface area contributed by atoms with Crippen LogP contribution < -0.4 is 5.32 Å². The molecular weight excluding hydrogens is 305 g/mol. The molecule has 3 nitrogen and oxygen atoms in total. The molecule has 0 aliphatic heterocycles. The maximum atomic E-state index is 4.02. The quantitative estimate of drug-likeness (QED) is 0.702. The van der Waals surface area contributed by atoms with Gasteiger partial charge in [-0.3, -0.25) is 0 Å². The van der Waals surface area contributed by atoms with E-state index in [0.717, 1.165) is 19.5 Å². The molecule has 0 saturated carbocycles.